The van der Waals surface area contributed by atoms with Crippen LogP contribution >= 0.6 is 0 Å². The van der Waals surface area contributed by atoms with Crippen LogP contribution in [0.1, 0.15) is 38.7 Å². The summed E-state index contributed by atoms with van der Waals surface area (Å²) in [4.78, 5) is 17.8. The topological polar surface area (TPSA) is 33.2 Å². The van der Waals surface area contributed by atoms with Crippen LogP contribution in [-0.2, 0) is 11.2 Å². The number of aromatic nitrogens is 1. The lowest BCUT2D eigenvalue weighted by Gasteiger charge is -2.20. The first-order valence-electron chi connectivity index (χ1n) is 6.44. The SMILES string of the molecule is CCCCC(=O)N(CC)CCc1ccncc1. The summed E-state index contributed by atoms with van der Waals surface area (Å²) in [6, 6.07) is 4.01. The number of carbonyl (C=O) groups is 1. The Hall–Kier alpha value is -1.38. The molecule has 3 heteroatoms. The second-order valence-corrected chi connectivity index (χ2v) is 4.18. The lowest BCUT2D eigenvalue weighted by molar-refractivity contribution is -0.131. The van der Waals surface area contributed by atoms with Gasteiger partial charge in [-0.05, 0) is 37.5 Å². The Labute approximate surface area is 104 Å². The third-order valence-electron chi connectivity index (χ3n) is 2.90. The fourth-order valence-corrected chi connectivity index (χ4v) is 1.76. The predicted octanol–water partition coefficient (Wildman–Crippen LogP) is 2.66. The average molecular weight is 234 g/mol. The van der Waals surface area contributed by atoms with E-state index in [4.69, 9.17) is 0 Å². The molecule has 3 nitrogen and oxygen atoms in total. The molecule has 0 atom stereocenters. The second-order valence-electron chi connectivity index (χ2n) is 4.18. The van der Waals surface area contributed by atoms with Crippen molar-refractivity contribution in [3.8, 4) is 0 Å². The summed E-state index contributed by atoms with van der Waals surface area (Å²) in [7, 11) is 0. The fourth-order valence-electron chi connectivity index (χ4n) is 1.76. The zero-order valence-electron chi connectivity index (χ0n) is 10.9. The van der Waals surface area contributed by atoms with Crippen LogP contribution in [0.4, 0.5) is 0 Å². The molecule has 1 heterocycles. The van der Waals surface area contributed by atoms with Crippen LogP contribution in [0.3, 0.4) is 0 Å². The molecule has 0 N–H and O–H groups in total. The number of rotatable bonds is 7. The largest absolute Gasteiger partial charge is 0.343 e. The highest BCUT2D eigenvalue weighted by atomic mass is 16.2. The molecule has 0 aliphatic heterocycles. The van der Waals surface area contributed by atoms with Gasteiger partial charge >= 0.3 is 0 Å². The summed E-state index contributed by atoms with van der Waals surface area (Å²) in [6.45, 7) is 5.76. The Bertz CT molecular complexity index is 324. The summed E-state index contributed by atoms with van der Waals surface area (Å²) in [5, 5.41) is 0. The van der Waals surface area contributed by atoms with Crippen molar-refractivity contribution in [2.75, 3.05) is 13.1 Å². The Morgan fingerprint density at radius 1 is 1.29 bits per heavy atom. The molecule has 1 rings (SSSR count). The Morgan fingerprint density at radius 2 is 2.00 bits per heavy atom. The molecule has 1 aromatic heterocycles. The molecule has 0 aromatic carbocycles. The van der Waals surface area contributed by atoms with Gasteiger partial charge in [0.1, 0.15) is 0 Å². The van der Waals surface area contributed by atoms with Gasteiger partial charge in [0.25, 0.3) is 0 Å². The van der Waals surface area contributed by atoms with E-state index in [2.05, 4.69) is 11.9 Å². The molecule has 0 unspecified atom stereocenters. The van der Waals surface area contributed by atoms with Crippen LogP contribution in [0.25, 0.3) is 0 Å². The minimum atomic E-state index is 0.281. The molecule has 0 aliphatic rings. The molecule has 0 saturated heterocycles. The van der Waals surface area contributed by atoms with Crippen LogP contribution in [0, 0.1) is 0 Å². The van der Waals surface area contributed by atoms with Gasteiger partial charge < -0.3 is 4.90 Å². The van der Waals surface area contributed by atoms with Crippen molar-refractivity contribution < 1.29 is 4.79 Å². The van der Waals surface area contributed by atoms with E-state index in [1.54, 1.807) is 12.4 Å². The number of likely N-dealkylation sites (N-methyl/N-ethyl adjacent to an activating group) is 1. The first-order chi connectivity index (χ1) is 8.27. The van der Waals surface area contributed by atoms with Gasteiger partial charge in [0, 0.05) is 31.9 Å². The van der Waals surface area contributed by atoms with Crippen molar-refractivity contribution in [3.63, 3.8) is 0 Å². The van der Waals surface area contributed by atoms with Gasteiger partial charge in [-0.1, -0.05) is 13.3 Å². The van der Waals surface area contributed by atoms with Crippen molar-refractivity contribution in [2.24, 2.45) is 0 Å². The van der Waals surface area contributed by atoms with Crippen molar-refractivity contribution in [2.45, 2.75) is 39.5 Å². The van der Waals surface area contributed by atoms with Gasteiger partial charge in [-0.25, -0.2) is 0 Å². The molecule has 0 aliphatic carbocycles. The van der Waals surface area contributed by atoms with E-state index < -0.39 is 0 Å². The summed E-state index contributed by atoms with van der Waals surface area (Å²) in [6.07, 6.45) is 7.25. The molecular weight excluding hydrogens is 212 g/mol. The summed E-state index contributed by atoms with van der Waals surface area (Å²) >= 11 is 0. The van der Waals surface area contributed by atoms with E-state index in [-0.39, 0.29) is 5.91 Å². The lowest BCUT2D eigenvalue weighted by atomic mass is 10.2. The highest BCUT2D eigenvalue weighted by Crippen LogP contribution is 2.04. The van der Waals surface area contributed by atoms with Gasteiger partial charge in [-0.15, -0.1) is 0 Å². The summed E-state index contributed by atoms with van der Waals surface area (Å²) < 4.78 is 0. The quantitative estimate of drug-likeness (QED) is 0.726. The Kier molecular flexibility index (Phi) is 6.30. The number of nitrogens with zero attached hydrogens (tertiary/aromatic N) is 2. The van der Waals surface area contributed by atoms with Crippen LogP contribution in [0.15, 0.2) is 24.5 Å². The van der Waals surface area contributed by atoms with Gasteiger partial charge in [0.2, 0.25) is 5.91 Å². The maximum Gasteiger partial charge on any atom is 0.222 e. The third-order valence-corrected chi connectivity index (χ3v) is 2.90. The Balaban J connectivity index is 2.39. The number of unbranched alkanes of at least 4 members (excludes halogenated alkanes) is 1. The van der Waals surface area contributed by atoms with Gasteiger partial charge in [0.15, 0.2) is 0 Å². The molecule has 0 saturated carbocycles. The minimum Gasteiger partial charge on any atom is -0.343 e. The lowest BCUT2D eigenvalue weighted by Crippen LogP contribution is -2.32. The summed E-state index contributed by atoms with van der Waals surface area (Å²) in [5.41, 5.74) is 1.24. The van der Waals surface area contributed by atoms with E-state index in [0.29, 0.717) is 6.42 Å². The van der Waals surface area contributed by atoms with E-state index in [1.165, 1.54) is 5.56 Å². The van der Waals surface area contributed by atoms with E-state index in [0.717, 1.165) is 32.4 Å². The molecule has 0 spiro atoms. The van der Waals surface area contributed by atoms with Crippen LogP contribution < -0.4 is 0 Å². The molecule has 1 amide bonds. The maximum atomic E-state index is 11.9. The van der Waals surface area contributed by atoms with Crippen LogP contribution in [0.5, 0.6) is 0 Å². The zero-order valence-corrected chi connectivity index (χ0v) is 10.9. The van der Waals surface area contributed by atoms with E-state index in [1.807, 2.05) is 24.0 Å². The third kappa shape index (κ3) is 4.98. The number of pyridine rings is 1. The normalized spacial score (nSPS) is 10.2. The van der Waals surface area contributed by atoms with Gasteiger partial charge in [-0.3, -0.25) is 9.78 Å². The molecule has 94 valence electrons. The smallest absolute Gasteiger partial charge is 0.222 e. The molecule has 17 heavy (non-hydrogen) atoms. The zero-order chi connectivity index (χ0) is 12.5. The fraction of sp³-hybridized carbons (Fsp3) is 0.571. The average Bonchev–Trinajstić information content (AvgIpc) is 2.38. The number of carbonyl (C=O) groups excluding carboxylic acids is 1. The number of hydrogen-bond acceptors (Lipinski definition) is 2. The first-order valence-corrected chi connectivity index (χ1v) is 6.44. The first kappa shape index (κ1) is 13.7. The molecule has 0 bridgehead atoms. The van der Waals surface area contributed by atoms with Crippen LogP contribution in [0.2, 0.25) is 0 Å². The minimum absolute atomic E-state index is 0.281. The van der Waals surface area contributed by atoms with Gasteiger partial charge in [-0.2, -0.15) is 0 Å². The maximum absolute atomic E-state index is 11.9. The van der Waals surface area contributed by atoms with Crippen molar-refractivity contribution in [1.82, 2.24) is 9.88 Å². The Morgan fingerprint density at radius 3 is 2.59 bits per heavy atom. The van der Waals surface area contributed by atoms with Crippen molar-refractivity contribution >= 4 is 5.91 Å². The van der Waals surface area contributed by atoms with Crippen molar-refractivity contribution in [1.29, 1.82) is 0 Å². The molecule has 0 fully saturated rings. The number of amides is 1. The molecule has 1 aromatic rings. The highest BCUT2D eigenvalue weighted by molar-refractivity contribution is 5.76. The van der Waals surface area contributed by atoms with E-state index >= 15 is 0 Å². The predicted molar refractivity (Wildman–Crippen MR) is 69.7 cm³/mol. The monoisotopic (exact) mass is 234 g/mol. The molecule has 0 radical (unpaired) electrons. The van der Waals surface area contributed by atoms with Crippen LogP contribution in [-0.4, -0.2) is 28.9 Å². The highest BCUT2D eigenvalue weighted by Gasteiger charge is 2.10. The molecular formula is C14H22N2O. The number of hydrogen-bond donors (Lipinski definition) is 0. The second kappa shape index (κ2) is 7.82. The summed E-state index contributed by atoms with van der Waals surface area (Å²) in [5.74, 6) is 0.281. The van der Waals surface area contributed by atoms with E-state index in [9.17, 15) is 4.79 Å². The van der Waals surface area contributed by atoms with Crippen molar-refractivity contribution in [3.05, 3.63) is 30.1 Å². The standard InChI is InChI=1S/C14H22N2O/c1-3-5-6-14(17)16(4-2)12-9-13-7-10-15-11-8-13/h7-8,10-11H,3-6,9,12H2,1-2H3. The van der Waals surface area contributed by atoms with Gasteiger partial charge in [0.05, 0.1) is 0 Å².